The molecule has 0 saturated heterocycles. The number of nitrogens with zero attached hydrogens (tertiary/aromatic N) is 2. The Kier molecular flexibility index (Phi) is 4.91. The minimum atomic E-state index is -0.0963. The summed E-state index contributed by atoms with van der Waals surface area (Å²) in [7, 11) is 0. The van der Waals surface area contributed by atoms with Crippen molar-refractivity contribution in [3.05, 3.63) is 64.6 Å². The summed E-state index contributed by atoms with van der Waals surface area (Å²) >= 11 is 1.75. The molecule has 0 saturated carbocycles. The number of dihydropyridines is 1. The largest absolute Gasteiger partial charge is 0.273 e. The van der Waals surface area contributed by atoms with Crippen LogP contribution in [0.15, 0.2) is 74.6 Å². The van der Waals surface area contributed by atoms with E-state index in [1.807, 2.05) is 30.3 Å². The van der Waals surface area contributed by atoms with Crippen LogP contribution in [0.1, 0.15) is 33.6 Å². The first kappa shape index (κ1) is 17.0. The first-order valence-electron chi connectivity index (χ1n) is 8.52. The smallest absolute Gasteiger partial charge is 0.0797 e. The van der Waals surface area contributed by atoms with Crippen LogP contribution >= 0.6 is 11.8 Å². The van der Waals surface area contributed by atoms with Gasteiger partial charge >= 0.3 is 0 Å². The van der Waals surface area contributed by atoms with E-state index in [9.17, 15) is 0 Å². The molecule has 0 N–H and O–H groups in total. The van der Waals surface area contributed by atoms with E-state index in [-0.39, 0.29) is 5.54 Å². The Hall–Kier alpha value is -1.87. The Balaban J connectivity index is 2.10. The number of aliphatic imine (C=N–C) groups is 2. The molecule has 0 bridgehead atoms. The highest BCUT2D eigenvalue weighted by molar-refractivity contribution is 8.03. The van der Waals surface area contributed by atoms with E-state index in [2.05, 4.69) is 45.3 Å². The maximum Gasteiger partial charge on any atom is 0.0797 e. The molecule has 1 aromatic rings. The van der Waals surface area contributed by atoms with E-state index in [0.29, 0.717) is 0 Å². The van der Waals surface area contributed by atoms with Gasteiger partial charge in [-0.15, -0.1) is 11.8 Å². The standard InChI is InChI=1S/C21H24N2S/c1-5-15-14-21(3,6-2)23-20-18(15)12-17(13-19(20)24-4)22-16-10-8-7-9-11-16/h7-14H,5-6H2,1-4H3. The molecule has 2 nitrogen and oxygen atoms in total. The molecule has 1 aliphatic heterocycles. The number of hydrogen-bond acceptors (Lipinski definition) is 3. The van der Waals surface area contributed by atoms with Crippen LogP contribution in [0.2, 0.25) is 0 Å². The van der Waals surface area contributed by atoms with E-state index < -0.39 is 0 Å². The first-order chi connectivity index (χ1) is 11.6. The van der Waals surface area contributed by atoms with Crippen molar-refractivity contribution in [3.63, 3.8) is 0 Å². The van der Waals surface area contributed by atoms with Gasteiger partial charge in [0.2, 0.25) is 0 Å². The normalized spacial score (nSPS) is 24.8. The first-order valence-corrected chi connectivity index (χ1v) is 9.75. The van der Waals surface area contributed by atoms with Crippen molar-refractivity contribution in [1.29, 1.82) is 0 Å². The van der Waals surface area contributed by atoms with Crippen LogP contribution in [0, 0.1) is 0 Å². The van der Waals surface area contributed by atoms with Gasteiger partial charge in [0.25, 0.3) is 0 Å². The van der Waals surface area contributed by atoms with E-state index in [1.165, 1.54) is 16.1 Å². The van der Waals surface area contributed by atoms with Crippen molar-refractivity contribution in [2.75, 3.05) is 6.26 Å². The summed E-state index contributed by atoms with van der Waals surface area (Å²) in [4.78, 5) is 11.1. The lowest BCUT2D eigenvalue weighted by atomic mass is 9.84. The van der Waals surface area contributed by atoms with E-state index in [4.69, 9.17) is 9.98 Å². The van der Waals surface area contributed by atoms with E-state index in [0.717, 1.165) is 30.0 Å². The third-order valence-electron chi connectivity index (χ3n) is 4.59. The van der Waals surface area contributed by atoms with Gasteiger partial charge in [0.1, 0.15) is 0 Å². The van der Waals surface area contributed by atoms with Crippen LogP contribution in [-0.4, -0.2) is 23.2 Å². The molecule has 0 fully saturated rings. The van der Waals surface area contributed by atoms with Gasteiger partial charge in [-0.05, 0) is 55.9 Å². The van der Waals surface area contributed by atoms with Crippen molar-refractivity contribution >= 4 is 28.9 Å². The Morgan fingerprint density at radius 3 is 2.50 bits per heavy atom. The van der Waals surface area contributed by atoms with Crippen LogP contribution in [0.3, 0.4) is 0 Å². The lowest BCUT2D eigenvalue weighted by molar-refractivity contribution is 0.559. The number of thioether (sulfide) groups is 1. The molecule has 3 heteroatoms. The number of benzene rings is 1. The maximum atomic E-state index is 5.07. The van der Waals surface area contributed by atoms with Gasteiger partial charge in [0.05, 0.1) is 22.6 Å². The van der Waals surface area contributed by atoms with Gasteiger partial charge in [-0.3, -0.25) is 4.99 Å². The summed E-state index contributed by atoms with van der Waals surface area (Å²) in [6, 6.07) is 10.1. The molecule has 24 heavy (non-hydrogen) atoms. The summed E-state index contributed by atoms with van der Waals surface area (Å²) in [6.45, 7) is 6.64. The zero-order valence-electron chi connectivity index (χ0n) is 14.8. The minimum absolute atomic E-state index is 0.0963. The van der Waals surface area contributed by atoms with Crippen molar-refractivity contribution in [2.24, 2.45) is 9.98 Å². The van der Waals surface area contributed by atoms with Gasteiger partial charge in [0.15, 0.2) is 0 Å². The monoisotopic (exact) mass is 336 g/mol. The lowest BCUT2D eigenvalue weighted by Crippen LogP contribution is -2.29. The van der Waals surface area contributed by atoms with Crippen molar-refractivity contribution in [2.45, 2.75) is 39.2 Å². The fourth-order valence-electron chi connectivity index (χ4n) is 3.04. The maximum absolute atomic E-state index is 5.07. The average molecular weight is 337 g/mol. The number of allylic oxidation sites excluding steroid dienone is 5. The molecular weight excluding hydrogens is 312 g/mol. The zero-order chi connectivity index (χ0) is 17.2. The Morgan fingerprint density at radius 2 is 1.88 bits per heavy atom. The summed E-state index contributed by atoms with van der Waals surface area (Å²) in [5, 5.41) is 0. The molecule has 0 spiro atoms. The van der Waals surface area contributed by atoms with Crippen molar-refractivity contribution in [3.8, 4) is 0 Å². The second-order valence-corrected chi connectivity index (χ2v) is 7.19. The molecule has 1 aromatic carbocycles. The van der Waals surface area contributed by atoms with E-state index >= 15 is 0 Å². The predicted octanol–water partition coefficient (Wildman–Crippen LogP) is 5.91. The van der Waals surface area contributed by atoms with Gasteiger partial charge < -0.3 is 0 Å². The van der Waals surface area contributed by atoms with Crippen LogP contribution in [0.4, 0.5) is 5.69 Å². The molecule has 0 amide bonds. The minimum Gasteiger partial charge on any atom is -0.273 e. The van der Waals surface area contributed by atoms with Crippen LogP contribution in [0.5, 0.6) is 0 Å². The van der Waals surface area contributed by atoms with Crippen LogP contribution in [-0.2, 0) is 0 Å². The molecule has 1 atom stereocenters. The lowest BCUT2D eigenvalue weighted by Gasteiger charge is -2.32. The fraction of sp³-hybridized carbons (Fsp3) is 0.333. The van der Waals surface area contributed by atoms with Gasteiger partial charge in [-0.1, -0.05) is 38.1 Å². The van der Waals surface area contributed by atoms with Crippen LogP contribution in [0.25, 0.3) is 0 Å². The number of para-hydroxylation sites is 1. The summed E-state index contributed by atoms with van der Waals surface area (Å²) in [5.74, 6) is 0. The van der Waals surface area contributed by atoms with Gasteiger partial charge in [-0.2, -0.15) is 0 Å². The Bertz CT molecular complexity index is 781. The molecule has 1 aliphatic carbocycles. The molecule has 0 radical (unpaired) electrons. The molecule has 124 valence electrons. The summed E-state index contributed by atoms with van der Waals surface area (Å²) < 4.78 is 0. The topological polar surface area (TPSA) is 24.7 Å². The average Bonchev–Trinajstić information content (AvgIpc) is 2.61. The highest BCUT2D eigenvalue weighted by Crippen LogP contribution is 2.37. The molecule has 1 unspecified atom stereocenters. The fourth-order valence-corrected chi connectivity index (χ4v) is 3.63. The predicted molar refractivity (Wildman–Crippen MR) is 108 cm³/mol. The molecule has 3 rings (SSSR count). The Labute approximate surface area is 149 Å². The van der Waals surface area contributed by atoms with E-state index in [1.54, 1.807) is 11.8 Å². The molecular formula is C21H24N2S. The molecule has 1 heterocycles. The third kappa shape index (κ3) is 3.32. The molecule has 2 aliphatic rings. The third-order valence-corrected chi connectivity index (χ3v) is 5.34. The van der Waals surface area contributed by atoms with Gasteiger partial charge in [-0.25, -0.2) is 4.99 Å². The number of rotatable bonds is 4. The highest BCUT2D eigenvalue weighted by Gasteiger charge is 2.30. The Morgan fingerprint density at radius 1 is 1.12 bits per heavy atom. The number of fused-ring (bicyclic) bond motifs is 1. The zero-order valence-corrected chi connectivity index (χ0v) is 15.7. The quantitative estimate of drug-likeness (QED) is 0.628. The highest BCUT2D eigenvalue weighted by atomic mass is 32.2. The van der Waals surface area contributed by atoms with Crippen LogP contribution < -0.4 is 0 Å². The molecule has 0 aromatic heterocycles. The van der Waals surface area contributed by atoms with Crippen molar-refractivity contribution < 1.29 is 0 Å². The second-order valence-electron chi connectivity index (χ2n) is 6.34. The second kappa shape index (κ2) is 6.94. The number of hydrogen-bond donors (Lipinski definition) is 0. The van der Waals surface area contributed by atoms with Gasteiger partial charge in [0, 0.05) is 10.5 Å². The SMILES string of the molecule is CCC1=CC(C)(CC)N=C2C(SC)=CC(=Nc3ccccc3)C=C12. The van der Waals surface area contributed by atoms with Crippen molar-refractivity contribution in [1.82, 2.24) is 0 Å². The summed E-state index contributed by atoms with van der Waals surface area (Å²) in [6.07, 6.45) is 10.8. The summed E-state index contributed by atoms with van der Waals surface area (Å²) in [5.41, 5.74) is 5.64.